The van der Waals surface area contributed by atoms with Crippen LogP contribution in [-0.4, -0.2) is 6.21 Å². The first-order chi connectivity index (χ1) is 14.2. The lowest BCUT2D eigenvalue weighted by Gasteiger charge is -2.10. The first-order valence-corrected chi connectivity index (χ1v) is 11.0. The third-order valence-electron chi connectivity index (χ3n) is 4.90. The molecule has 29 heavy (non-hydrogen) atoms. The molecule has 4 rings (SSSR count). The van der Waals surface area contributed by atoms with Crippen LogP contribution in [0.1, 0.15) is 40.0 Å². The summed E-state index contributed by atoms with van der Waals surface area (Å²) in [5, 5.41) is 11.6. The number of ether oxygens (including phenoxy) is 1. The van der Waals surface area contributed by atoms with Gasteiger partial charge in [0.25, 0.3) is 0 Å². The highest BCUT2D eigenvalue weighted by Crippen LogP contribution is 2.39. The molecule has 2 aromatic carbocycles. The lowest BCUT2D eigenvalue weighted by atomic mass is 9.96. The molecule has 0 bridgehead atoms. The molecule has 0 saturated heterocycles. The van der Waals surface area contributed by atoms with Gasteiger partial charge in [-0.15, -0.1) is 11.3 Å². The number of para-hydroxylation sites is 1. The van der Waals surface area contributed by atoms with Crippen molar-refractivity contribution in [3.63, 3.8) is 0 Å². The highest BCUT2D eigenvalue weighted by Gasteiger charge is 2.20. The van der Waals surface area contributed by atoms with Crippen molar-refractivity contribution in [2.75, 3.05) is 0 Å². The first-order valence-electron chi connectivity index (χ1n) is 9.40. The van der Waals surface area contributed by atoms with E-state index < -0.39 is 0 Å². The number of halogens is 2. The zero-order valence-electron chi connectivity index (χ0n) is 15.6. The van der Waals surface area contributed by atoms with E-state index in [9.17, 15) is 5.26 Å². The van der Waals surface area contributed by atoms with Crippen molar-refractivity contribution in [3.8, 4) is 11.8 Å². The Morgan fingerprint density at radius 3 is 2.79 bits per heavy atom. The van der Waals surface area contributed by atoms with Crippen LogP contribution in [0.5, 0.6) is 5.75 Å². The van der Waals surface area contributed by atoms with Gasteiger partial charge in [0.05, 0.1) is 5.56 Å². The monoisotopic (exact) mass is 440 g/mol. The Labute approximate surface area is 184 Å². The van der Waals surface area contributed by atoms with Gasteiger partial charge in [0, 0.05) is 32.3 Å². The van der Waals surface area contributed by atoms with Crippen molar-refractivity contribution < 1.29 is 4.74 Å². The predicted molar refractivity (Wildman–Crippen MR) is 120 cm³/mol. The molecule has 0 unspecified atom stereocenters. The minimum Gasteiger partial charge on any atom is -0.488 e. The Hall–Kier alpha value is -2.32. The second-order valence-corrected chi connectivity index (χ2v) is 8.75. The Balaban J connectivity index is 1.56. The van der Waals surface area contributed by atoms with Crippen LogP contribution in [0, 0.1) is 11.3 Å². The Morgan fingerprint density at radius 1 is 1.14 bits per heavy atom. The fourth-order valence-corrected chi connectivity index (χ4v) is 5.05. The van der Waals surface area contributed by atoms with Gasteiger partial charge in [0.1, 0.15) is 23.4 Å². The molecule has 1 aromatic heterocycles. The molecule has 3 aromatic rings. The summed E-state index contributed by atoms with van der Waals surface area (Å²) in [7, 11) is 0. The van der Waals surface area contributed by atoms with Crippen molar-refractivity contribution in [1.29, 1.82) is 5.26 Å². The number of nitriles is 1. The van der Waals surface area contributed by atoms with E-state index in [1.807, 2.05) is 30.3 Å². The first kappa shape index (κ1) is 20.0. The summed E-state index contributed by atoms with van der Waals surface area (Å²) in [6.07, 6.45) is 6.13. The van der Waals surface area contributed by atoms with Gasteiger partial charge in [0.15, 0.2) is 0 Å². The largest absolute Gasteiger partial charge is 0.488 e. The minimum atomic E-state index is 0.331. The zero-order valence-corrected chi connectivity index (χ0v) is 17.9. The normalized spacial score (nSPS) is 13.3. The number of fused-ring (bicyclic) bond motifs is 1. The molecule has 0 amide bonds. The van der Waals surface area contributed by atoms with Crippen molar-refractivity contribution in [2.45, 2.75) is 32.3 Å². The van der Waals surface area contributed by atoms with Crippen molar-refractivity contribution in [3.05, 3.63) is 79.6 Å². The molecule has 0 radical (unpaired) electrons. The molecule has 3 nitrogen and oxygen atoms in total. The molecular formula is C23H18Cl2N2OS. The minimum absolute atomic E-state index is 0.331. The third kappa shape index (κ3) is 4.48. The van der Waals surface area contributed by atoms with E-state index in [0.717, 1.165) is 41.0 Å². The van der Waals surface area contributed by atoms with Gasteiger partial charge in [0.2, 0.25) is 0 Å². The molecule has 0 atom stereocenters. The molecule has 6 heteroatoms. The van der Waals surface area contributed by atoms with Crippen LogP contribution in [0.25, 0.3) is 0 Å². The standard InChI is InChI=1S/C23H18Cl2N2OS/c24-17-10-9-16(20(25)11-17)14-28-21-7-3-1-5-15(21)13-27-23-19(12-26)18-6-2-4-8-22(18)29-23/h1,3,5,7,9-11,13H,2,4,6,8,14H2. The van der Waals surface area contributed by atoms with E-state index in [0.29, 0.717) is 22.4 Å². The van der Waals surface area contributed by atoms with Gasteiger partial charge in [-0.2, -0.15) is 5.26 Å². The van der Waals surface area contributed by atoms with E-state index >= 15 is 0 Å². The molecule has 0 spiro atoms. The van der Waals surface area contributed by atoms with Crippen molar-refractivity contribution in [1.82, 2.24) is 0 Å². The summed E-state index contributed by atoms with van der Waals surface area (Å²) in [5.74, 6) is 0.710. The lowest BCUT2D eigenvalue weighted by molar-refractivity contribution is 0.306. The number of rotatable bonds is 5. The average Bonchev–Trinajstić information content (AvgIpc) is 3.09. The van der Waals surface area contributed by atoms with Crippen LogP contribution < -0.4 is 4.74 Å². The van der Waals surface area contributed by atoms with Gasteiger partial charge >= 0.3 is 0 Å². The molecule has 0 saturated carbocycles. The summed E-state index contributed by atoms with van der Waals surface area (Å²) < 4.78 is 5.99. The molecule has 0 N–H and O–H groups in total. The van der Waals surface area contributed by atoms with E-state index in [1.165, 1.54) is 16.9 Å². The Morgan fingerprint density at radius 2 is 1.97 bits per heavy atom. The number of nitrogens with zero attached hydrogens (tertiary/aromatic N) is 2. The Bertz CT molecular complexity index is 1110. The summed E-state index contributed by atoms with van der Waals surface area (Å²) in [4.78, 5) is 5.95. The summed E-state index contributed by atoms with van der Waals surface area (Å²) >= 11 is 13.8. The van der Waals surface area contributed by atoms with Crippen molar-refractivity contribution in [2.24, 2.45) is 4.99 Å². The van der Waals surface area contributed by atoms with Crippen LogP contribution in [0.2, 0.25) is 10.0 Å². The molecule has 1 aliphatic rings. The van der Waals surface area contributed by atoms with Gasteiger partial charge in [-0.3, -0.25) is 0 Å². The molecule has 0 aliphatic heterocycles. The summed E-state index contributed by atoms with van der Waals surface area (Å²) in [5.41, 5.74) is 3.64. The van der Waals surface area contributed by atoms with Gasteiger partial charge < -0.3 is 4.74 Å². The smallest absolute Gasteiger partial charge is 0.134 e. The van der Waals surface area contributed by atoms with Crippen molar-refractivity contribution >= 4 is 45.8 Å². The highest BCUT2D eigenvalue weighted by molar-refractivity contribution is 7.16. The molecule has 146 valence electrons. The van der Waals surface area contributed by atoms with Crippen LogP contribution in [-0.2, 0) is 19.4 Å². The van der Waals surface area contributed by atoms with E-state index in [-0.39, 0.29) is 0 Å². The predicted octanol–water partition coefficient (Wildman–Crippen LogP) is 7.13. The van der Waals surface area contributed by atoms with Gasteiger partial charge in [-0.1, -0.05) is 41.4 Å². The maximum atomic E-state index is 9.61. The molecule has 1 aliphatic carbocycles. The molecule has 1 heterocycles. The highest BCUT2D eigenvalue weighted by atomic mass is 35.5. The lowest BCUT2D eigenvalue weighted by Crippen LogP contribution is -1.99. The fraction of sp³-hybridized carbons (Fsp3) is 0.217. The van der Waals surface area contributed by atoms with Gasteiger partial charge in [-0.25, -0.2) is 4.99 Å². The van der Waals surface area contributed by atoms with Crippen LogP contribution in [0.3, 0.4) is 0 Å². The SMILES string of the molecule is N#Cc1c(N=Cc2ccccc2OCc2ccc(Cl)cc2Cl)sc2c1CCCC2. The second-order valence-electron chi connectivity index (χ2n) is 6.82. The number of aryl methyl sites for hydroxylation is 1. The van der Waals surface area contributed by atoms with E-state index in [4.69, 9.17) is 27.9 Å². The maximum absolute atomic E-state index is 9.61. The zero-order chi connectivity index (χ0) is 20.2. The van der Waals surface area contributed by atoms with Crippen LogP contribution >= 0.6 is 34.5 Å². The van der Waals surface area contributed by atoms with Crippen LogP contribution in [0.4, 0.5) is 5.00 Å². The summed E-state index contributed by atoms with van der Waals surface area (Å²) in [6, 6.07) is 15.4. The molecular weight excluding hydrogens is 423 g/mol. The van der Waals surface area contributed by atoms with Gasteiger partial charge in [-0.05, 0) is 55.5 Å². The number of aliphatic imine (C=N–C) groups is 1. The maximum Gasteiger partial charge on any atom is 0.134 e. The topological polar surface area (TPSA) is 45.4 Å². The fourth-order valence-electron chi connectivity index (χ4n) is 3.40. The number of thiophene rings is 1. The number of hydrogen-bond acceptors (Lipinski definition) is 4. The number of hydrogen-bond donors (Lipinski definition) is 0. The van der Waals surface area contributed by atoms with E-state index in [2.05, 4.69) is 11.1 Å². The second kappa shape index (κ2) is 9.00. The summed E-state index contributed by atoms with van der Waals surface area (Å²) in [6.45, 7) is 0.331. The molecule has 0 fully saturated rings. The van der Waals surface area contributed by atoms with E-state index in [1.54, 1.807) is 29.7 Å². The Kier molecular flexibility index (Phi) is 6.20. The van der Waals surface area contributed by atoms with Crippen LogP contribution in [0.15, 0.2) is 47.5 Å². The number of benzene rings is 2. The average molecular weight is 441 g/mol. The quantitative estimate of drug-likeness (QED) is 0.395. The third-order valence-corrected chi connectivity index (χ3v) is 6.69.